The Hall–Kier alpha value is -1.55. The zero-order valence-corrected chi connectivity index (χ0v) is 8.61. The van der Waals surface area contributed by atoms with Gasteiger partial charge in [-0.1, -0.05) is 30.3 Å². The Labute approximate surface area is 89.6 Å². The van der Waals surface area contributed by atoms with Gasteiger partial charge in [0.25, 0.3) is 0 Å². The first kappa shape index (κ1) is 9.98. The lowest BCUT2D eigenvalue weighted by molar-refractivity contribution is 0.821. The van der Waals surface area contributed by atoms with Crippen molar-refractivity contribution >= 4 is 5.96 Å². The van der Waals surface area contributed by atoms with Crippen molar-refractivity contribution < 1.29 is 0 Å². The number of hydrogen-bond acceptors (Lipinski definition) is 2. The third-order valence-corrected chi connectivity index (χ3v) is 2.32. The Balaban J connectivity index is 1.90. The van der Waals surface area contributed by atoms with E-state index in [9.17, 15) is 0 Å². The van der Waals surface area contributed by atoms with Gasteiger partial charge >= 0.3 is 0 Å². The monoisotopic (exact) mass is 204 g/mol. The van der Waals surface area contributed by atoms with Gasteiger partial charge in [-0.25, -0.2) is 10.8 Å². The minimum absolute atomic E-state index is 0.565. The van der Waals surface area contributed by atoms with Gasteiger partial charge in [-0.3, -0.25) is 5.43 Å². The van der Waals surface area contributed by atoms with E-state index in [4.69, 9.17) is 5.84 Å². The second kappa shape index (κ2) is 4.79. The normalized spacial score (nSPS) is 16.2. The van der Waals surface area contributed by atoms with Crippen molar-refractivity contribution in [3.63, 3.8) is 0 Å². The molecule has 1 aromatic rings. The van der Waals surface area contributed by atoms with E-state index in [-0.39, 0.29) is 0 Å². The highest BCUT2D eigenvalue weighted by Gasteiger charge is 2.21. The molecule has 1 saturated carbocycles. The van der Waals surface area contributed by atoms with Crippen molar-refractivity contribution in [1.29, 1.82) is 0 Å². The van der Waals surface area contributed by atoms with Gasteiger partial charge in [0.05, 0.1) is 6.54 Å². The summed E-state index contributed by atoms with van der Waals surface area (Å²) in [4.78, 5) is 4.36. The molecule has 0 spiro atoms. The molecule has 4 N–H and O–H groups in total. The van der Waals surface area contributed by atoms with Gasteiger partial charge in [-0.05, 0) is 18.4 Å². The number of aliphatic imine (C=N–C) groups is 1. The van der Waals surface area contributed by atoms with Crippen molar-refractivity contribution in [2.45, 2.75) is 25.4 Å². The third-order valence-electron chi connectivity index (χ3n) is 2.32. The van der Waals surface area contributed by atoms with Crippen molar-refractivity contribution in [2.24, 2.45) is 10.8 Å². The Bertz CT molecular complexity index is 330. The molecule has 4 nitrogen and oxygen atoms in total. The highest BCUT2D eigenvalue weighted by Crippen LogP contribution is 2.18. The first-order valence-corrected chi connectivity index (χ1v) is 5.20. The molecule has 1 aliphatic carbocycles. The molecule has 0 heterocycles. The van der Waals surface area contributed by atoms with E-state index in [1.165, 1.54) is 18.4 Å². The summed E-state index contributed by atoms with van der Waals surface area (Å²) in [7, 11) is 0. The molecule has 0 amide bonds. The van der Waals surface area contributed by atoms with Crippen LogP contribution in [0.5, 0.6) is 0 Å². The standard InChI is InChI=1S/C11H16N4/c12-15-11(14-10-6-7-10)13-8-9-4-2-1-3-5-9/h1-5,10H,6-8,12H2,(H2,13,14,15). The van der Waals surface area contributed by atoms with Crippen molar-refractivity contribution in [1.82, 2.24) is 10.7 Å². The predicted octanol–water partition coefficient (Wildman–Crippen LogP) is 0.758. The van der Waals surface area contributed by atoms with E-state index < -0.39 is 0 Å². The minimum atomic E-state index is 0.565. The highest BCUT2D eigenvalue weighted by atomic mass is 15.3. The molecule has 1 aromatic carbocycles. The van der Waals surface area contributed by atoms with Crippen LogP contribution in [-0.4, -0.2) is 12.0 Å². The Kier molecular flexibility index (Phi) is 3.19. The van der Waals surface area contributed by atoms with Crippen LogP contribution in [0.25, 0.3) is 0 Å². The molecule has 0 bridgehead atoms. The first-order chi connectivity index (χ1) is 7.38. The summed E-state index contributed by atoms with van der Waals surface area (Å²) in [6, 6.07) is 10.7. The van der Waals surface area contributed by atoms with Crippen LogP contribution < -0.4 is 16.6 Å². The lowest BCUT2D eigenvalue weighted by atomic mass is 10.2. The van der Waals surface area contributed by atoms with Crippen LogP contribution >= 0.6 is 0 Å². The summed E-state index contributed by atoms with van der Waals surface area (Å²) in [5, 5.41) is 3.22. The van der Waals surface area contributed by atoms with Gasteiger partial charge < -0.3 is 5.32 Å². The smallest absolute Gasteiger partial charge is 0.206 e. The molecule has 15 heavy (non-hydrogen) atoms. The molecule has 1 fully saturated rings. The van der Waals surface area contributed by atoms with E-state index in [0.29, 0.717) is 18.5 Å². The molecule has 0 aromatic heterocycles. The molecular formula is C11H16N4. The molecule has 4 heteroatoms. The number of nitrogens with zero attached hydrogens (tertiary/aromatic N) is 1. The molecule has 0 saturated heterocycles. The van der Waals surface area contributed by atoms with Gasteiger partial charge in [0.2, 0.25) is 5.96 Å². The number of guanidine groups is 1. The molecule has 0 aliphatic heterocycles. The molecule has 2 rings (SSSR count). The average Bonchev–Trinajstić information content (AvgIpc) is 3.09. The predicted molar refractivity (Wildman–Crippen MR) is 61.1 cm³/mol. The van der Waals surface area contributed by atoms with Crippen LogP contribution in [0.1, 0.15) is 18.4 Å². The van der Waals surface area contributed by atoms with E-state index in [1.807, 2.05) is 18.2 Å². The SMILES string of the molecule is NNC(=NCc1ccccc1)NC1CC1. The van der Waals surface area contributed by atoms with E-state index in [0.717, 1.165) is 0 Å². The van der Waals surface area contributed by atoms with Gasteiger partial charge in [-0.2, -0.15) is 0 Å². The zero-order valence-electron chi connectivity index (χ0n) is 8.61. The fourth-order valence-corrected chi connectivity index (χ4v) is 1.31. The summed E-state index contributed by atoms with van der Waals surface area (Å²) >= 11 is 0. The first-order valence-electron chi connectivity index (χ1n) is 5.20. The Morgan fingerprint density at radius 3 is 2.67 bits per heavy atom. The second-order valence-corrected chi connectivity index (χ2v) is 3.71. The minimum Gasteiger partial charge on any atom is -0.353 e. The molecule has 0 radical (unpaired) electrons. The van der Waals surface area contributed by atoms with E-state index in [2.05, 4.69) is 27.9 Å². The fraction of sp³-hybridized carbons (Fsp3) is 0.364. The van der Waals surface area contributed by atoms with Crippen LogP contribution in [-0.2, 0) is 6.54 Å². The average molecular weight is 204 g/mol. The highest BCUT2D eigenvalue weighted by molar-refractivity contribution is 5.79. The zero-order chi connectivity index (χ0) is 10.5. The van der Waals surface area contributed by atoms with Crippen molar-refractivity contribution in [2.75, 3.05) is 0 Å². The number of nitrogens with two attached hydrogens (primary N) is 1. The van der Waals surface area contributed by atoms with E-state index in [1.54, 1.807) is 0 Å². The summed E-state index contributed by atoms with van der Waals surface area (Å²) in [6.45, 7) is 0.653. The summed E-state index contributed by atoms with van der Waals surface area (Å²) in [5.41, 5.74) is 3.77. The summed E-state index contributed by atoms with van der Waals surface area (Å²) in [6.07, 6.45) is 2.43. The molecule has 0 atom stereocenters. The number of hydrogen-bond donors (Lipinski definition) is 3. The maximum Gasteiger partial charge on any atom is 0.206 e. The van der Waals surface area contributed by atoms with Gasteiger partial charge in [0.15, 0.2) is 0 Å². The topological polar surface area (TPSA) is 62.4 Å². The largest absolute Gasteiger partial charge is 0.353 e. The van der Waals surface area contributed by atoms with Gasteiger partial charge in [0.1, 0.15) is 0 Å². The summed E-state index contributed by atoms with van der Waals surface area (Å²) < 4.78 is 0. The second-order valence-electron chi connectivity index (χ2n) is 3.71. The molecule has 80 valence electrons. The van der Waals surface area contributed by atoms with Gasteiger partial charge in [0, 0.05) is 6.04 Å². The maximum atomic E-state index is 5.37. The molecule has 1 aliphatic rings. The third kappa shape index (κ3) is 3.25. The quantitative estimate of drug-likeness (QED) is 0.295. The van der Waals surface area contributed by atoms with Crippen LogP contribution in [0.2, 0.25) is 0 Å². The number of hydrazine groups is 1. The van der Waals surface area contributed by atoms with Crippen LogP contribution in [0.4, 0.5) is 0 Å². The van der Waals surface area contributed by atoms with Crippen LogP contribution in [0, 0.1) is 0 Å². The molecular weight excluding hydrogens is 188 g/mol. The number of nitrogens with one attached hydrogen (secondary N) is 2. The van der Waals surface area contributed by atoms with Crippen molar-refractivity contribution in [3.05, 3.63) is 35.9 Å². The maximum absolute atomic E-state index is 5.37. The Morgan fingerprint density at radius 1 is 1.33 bits per heavy atom. The summed E-state index contributed by atoms with van der Waals surface area (Å²) in [5.74, 6) is 6.05. The number of rotatable bonds is 3. The van der Waals surface area contributed by atoms with E-state index >= 15 is 0 Å². The number of benzene rings is 1. The lowest BCUT2D eigenvalue weighted by Crippen LogP contribution is -2.42. The van der Waals surface area contributed by atoms with Crippen molar-refractivity contribution in [3.8, 4) is 0 Å². The lowest BCUT2D eigenvalue weighted by Gasteiger charge is -2.07. The van der Waals surface area contributed by atoms with Gasteiger partial charge in [-0.15, -0.1) is 0 Å². The molecule has 0 unspecified atom stereocenters. The van der Waals surface area contributed by atoms with Crippen LogP contribution in [0.3, 0.4) is 0 Å². The Morgan fingerprint density at radius 2 is 2.07 bits per heavy atom. The van der Waals surface area contributed by atoms with Crippen LogP contribution in [0.15, 0.2) is 35.3 Å². The fourth-order valence-electron chi connectivity index (χ4n) is 1.31.